The van der Waals surface area contributed by atoms with Crippen LogP contribution in [0.25, 0.3) is 11.0 Å². The molecule has 0 bridgehead atoms. The van der Waals surface area contributed by atoms with E-state index in [0.29, 0.717) is 41.9 Å². The minimum atomic E-state index is -0.355. The molecule has 0 saturated carbocycles. The first-order valence-electron chi connectivity index (χ1n) is 12.1. The summed E-state index contributed by atoms with van der Waals surface area (Å²) in [6, 6.07) is 13.9. The van der Waals surface area contributed by atoms with Crippen molar-refractivity contribution in [1.29, 1.82) is 0 Å². The highest BCUT2D eigenvalue weighted by Crippen LogP contribution is 2.30. The van der Waals surface area contributed by atoms with E-state index in [4.69, 9.17) is 9.72 Å². The SMILES string of the molecule is CC(C)c1cc(Nc2nc3cc(Oc4ccnc(NC(=O)CN5CC(O)C5)c4)ccc3n2C)ccc1F. The van der Waals surface area contributed by atoms with Crippen LogP contribution >= 0.6 is 0 Å². The van der Waals surface area contributed by atoms with Gasteiger partial charge in [-0.25, -0.2) is 14.4 Å². The molecule has 37 heavy (non-hydrogen) atoms. The summed E-state index contributed by atoms with van der Waals surface area (Å²) in [7, 11) is 1.91. The molecule has 2 aromatic heterocycles. The Kier molecular flexibility index (Phi) is 6.77. The molecular weight excluding hydrogens is 475 g/mol. The number of aliphatic hydroxyl groups is 1. The van der Waals surface area contributed by atoms with Gasteiger partial charge in [-0.15, -0.1) is 0 Å². The number of imidazole rings is 1. The average molecular weight is 505 g/mol. The van der Waals surface area contributed by atoms with Crippen molar-refractivity contribution in [3.8, 4) is 11.5 Å². The minimum absolute atomic E-state index is 0.0680. The molecule has 3 N–H and O–H groups in total. The van der Waals surface area contributed by atoms with E-state index < -0.39 is 0 Å². The summed E-state index contributed by atoms with van der Waals surface area (Å²) in [5.41, 5.74) is 3.04. The number of amides is 1. The molecule has 0 unspecified atom stereocenters. The van der Waals surface area contributed by atoms with E-state index in [0.717, 1.165) is 16.7 Å². The highest BCUT2D eigenvalue weighted by atomic mass is 19.1. The number of likely N-dealkylation sites (tertiary alicyclic amines) is 1. The number of nitrogens with one attached hydrogen (secondary N) is 2. The zero-order chi connectivity index (χ0) is 26.1. The fraction of sp³-hybridized carbons (Fsp3) is 0.296. The van der Waals surface area contributed by atoms with Gasteiger partial charge in [0.05, 0.1) is 23.7 Å². The average Bonchev–Trinajstić information content (AvgIpc) is 3.13. The van der Waals surface area contributed by atoms with Gasteiger partial charge < -0.3 is 25.0 Å². The van der Waals surface area contributed by atoms with Crippen LogP contribution in [-0.4, -0.2) is 56.2 Å². The van der Waals surface area contributed by atoms with Crippen molar-refractivity contribution < 1.29 is 19.0 Å². The summed E-state index contributed by atoms with van der Waals surface area (Å²) >= 11 is 0. The quantitative estimate of drug-likeness (QED) is 0.327. The van der Waals surface area contributed by atoms with Gasteiger partial charge in [0.1, 0.15) is 23.1 Å². The van der Waals surface area contributed by atoms with E-state index in [1.807, 2.05) is 48.6 Å². The van der Waals surface area contributed by atoms with Gasteiger partial charge in [-0.2, -0.15) is 0 Å². The van der Waals surface area contributed by atoms with Gasteiger partial charge >= 0.3 is 0 Å². The van der Waals surface area contributed by atoms with E-state index >= 15 is 0 Å². The number of rotatable bonds is 8. The maximum atomic E-state index is 14.1. The molecule has 1 fully saturated rings. The van der Waals surface area contributed by atoms with Crippen LogP contribution in [0.15, 0.2) is 54.7 Å². The number of aromatic nitrogens is 3. The summed E-state index contributed by atoms with van der Waals surface area (Å²) in [5, 5.41) is 15.4. The number of carbonyl (C=O) groups excluding carboxylic acids is 1. The molecular formula is C27H29FN6O3. The Morgan fingerprint density at radius 3 is 2.70 bits per heavy atom. The highest BCUT2D eigenvalue weighted by Gasteiger charge is 2.26. The number of β-amino-alcohol motifs (C(OH)–C–C–N with tert-alkyl or cyclic N) is 1. The van der Waals surface area contributed by atoms with Gasteiger partial charge in [-0.1, -0.05) is 13.8 Å². The summed E-state index contributed by atoms with van der Waals surface area (Å²) in [6.45, 7) is 5.11. The molecule has 3 heterocycles. The maximum absolute atomic E-state index is 14.1. The number of aliphatic hydroxyl groups excluding tert-OH is 1. The monoisotopic (exact) mass is 504 g/mol. The molecule has 5 rings (SSSR count). The van der Waals surface area contributed by atoms with Gasteiger partial charge in [-0.05, 0) is 47.9 Å². The lowest BCUT2D eigenvalue weighted by molar-refractivity contribution is -0.119. The number of halogens is 1. The second kappa shape index (κ2) is 10.2. The van der Waals surface area contributed by atoms with Crippen molar-refractivity contribution in [3.05, 3.63) is 66.1 Å². The molecule has 0 aliphatic carbocycles. The van der Waals surface area contributed by atoms with Crippen LogP contribution in [-0.2, 0) is 11.8 Å². The van der Waals surface area contributed by atoms with E-state index in [9.17, 15) is 14.3 Å². The number of aryl methyl sites for hydroxylation is 1. The Labute approximate surface area is 213 Å². The van der Waals surface area contributed by atoms with Gasteiger partial charge in [0, 0.05) is 44.2 Å². The molecule has 1 amide bonds. The predicted octanol–water partition coefficient (Wildman–Crippen LogP) is 4.38. The van der Waals surface area contributed by atoms with Crippen LogP contribution in [0.3, 0.4) is 0 Å². The van der Waals surface area contributed by atoms with Crippen molar-refractivity contribution in [1.82, 2.24) is 19.4 Å². The number of fused-ring (bicyclic) bond motifs is 1. The van der Waals surface area contributed by atoms with Crippen molar-refractivity contribution in [2.24, 2.45) is 7.05 Å². The zero-order valence-electron chi connectivity index (χ0n) is 20.9. The number of hydrogen-bond donors (Lipinski definition) is 3. The van der Waals surface area contributed by atoms with Gasteiger partial charge in [0.15, 0.2) is 0 Å². The summed E-state index contributed by atoms with van der Waals surface area (Å²) in [6.07, 6.45) is 1.21. The lowest BCUT2D eigenvalue weighted by atomic mass is 10.0. The molecule has 0 radical (unpaired) electrons. The zero-order valence-corrected chi connectivity index (χ0v) is 20.9. The summed E-state index contributed by atoms with van der Waals surface area (Å²) in [4.78, 5) is 23.0. The number of carbonyl (C=O) groups is 1. The number of anilines is 3. The maximum Gasteiger partial charge on any atom is 0.239 e. The van der Waals surface area contributed by atoms with Crippen molar-refractivity contribution >= 4 is 34.4 Å². The van der Waals surface area contributed by atoms with Gasteiger partial charge in [0.2, 0.25) is 11.9 Å². The van der Waals surface area contributed by atoms with Crippen LogP contribution in [0.1, 0.15) is 25.3 Å². The van der Waals surface area contributed by atoms with Crippen LogP contribution in [0.5, 0.6) is 11.5 Å². The van der Waals surface area contributed by atoms with Gasteiger partial charge in [-0.3, -0.25) is 9.69 Å². The third-order valence-electron chi connectivity index (χ3n) is 6.27. The Morgan fingerprint density at radius 2 is 1.95 bits per heavy atom. The fourth-order valence-electron chi connectivity index (χ4n) is 4.28. The van der Waals surface area contributed by atoms with Crippen molar-refractivity contribution in [2.75, 3.05) is 30.3 Å². The number of nitrogens with zero attached hydrogens (tertiary/aromatic N) is 4. The normalized spacial score (nSPS) is 14.1. The third-order valence-corrected chi connectivity index (χ3v) is 6.27. The Bertz CT molecular complexity index is 1450. The number of hydrogen-bond acceptors (Lipinski definition) is 7. The lowest BCUT2D eigenvalue weighted by Crippen LogP contribution is -2.53. The predicted molar refractivity (Wildman–Crippen MR) is 140 cm³/mol. The molecule has 192 valence electrons. The first-order chi connectivity index (χ1) is 17.7. The number of ether oxygens (including phenoxy) is 1. The first kappa shape index (κ1) is 24.7. The second-order valence-electron chi connectivity index (χ2n) is 9.54. The molecule has 2 aromatic carbocycles. The molecule has 0 atom stereocenters. The molecule has 10 heteroatoms. The fourth-order valence-corrected chi connectivity index (χ4v) is 4.28. The third kappa shape index (κ3) is 5.55. The van der Waals surface area contributed by atoms with E-state index in [1.54, 1.807) is 30.5 Å². The second-order valence-corrected chi connectivity index (χ2v) is 9.54. The number of pyridine rings is 1. The summed E-state index contributed by atoms with van der Waals surface area (Å²) in [5.74, 6) is 1.75. The lowest BCUT2D eigenvalue weighted by Gasteiger charge is -2.34. The highest BCUT2D eigenvalue weighted by molar-refractivity contribution is 5.91. The Morgan fingerprint density at radius 1 is 1.16 bits per heavy atom. The van der Waals surface area contributed by atoms with Crippen molar-refractivity contribution in [2.45, 2.75) is 25.9 Å². The Hall–Kier alpha value is -4.02. The first-order valence-corrected chi connectivity index (χ1v) is 12.1. The summed E-state index contributed by atoms with van der Waals surface area (Å²) < 4.78 is 22.0. The largest absolute Gasteiger partial charge is 0.457 e. The topological polar surface area (TPSA) is 105 Å². The van der Waals surface area contributed by atoms with Gasteiger partial charge in [0.25, 0.3) is 0 Å². The molecule has 9 nitrogen and oxygen atoms in total. The number of benzene rings is 2. The van der Waals surface area contributed by atoms with Crippen LogP contribution < -0.4 is 15.4 Å². The molecule has 1 saturated heterocycles. The smallest absolute Gasteiger partial charge is 0.239 e. The molecule has 4 aromatic rings. The molecule has 1 aliphatic rings. The van der Waals surface area contributed by atoms with Crippen LogP contribution in [0.2, 0.25) is 0 Å². The van der Waals surface area contributed by atoms with Crippen LogP contribution in [0, 0.1) is 5.82 Å². The Balaban J connectivity index is 1.29. The molecule has 0 spiro atoms. The van der Waals surface area contributed by atoms with Crippen molar-refractivity contribution in [3.63, 3.8) is 0 Å². The van der Waals surface area contributed by atoms with E-state index in [2.05, 4.69) is 15.6 Å². The van der Waals surface area contributed by atoms with Crippen LogP contribution in [0.4, 0.5) is 21.8 Å². The molecule has 1 aliphatic heterocycles. The minimum Gasteiger partial charge on any atom is -0.457 e. The van der Waals surface area contributed by atoms with E-state index in [-0.39, 0.29) is 30.3 Å². The van der Waals surface area contributed by atoms with E-state index in [1.165, 1.54) is 6.07 Å². The standard InChI is InChI=1S/C27H29FN6O3/c1-16(2)21-10-17(4-6-22(21)28)30-27-31-23-11-19(5-7-24(23)33(27)3)37-20-8-9-29-25(12-20)32-26(36)15-34-13-18(35)14-34/h4-12,16,18,35H,13-15H2,1-3H3,(H,30,31)(H,29,32,36).